The van der Waals surface area contributed by atoms with E-state index in [9.17, 15) is 9.59 Å². The maximum atomic E-state index is 12.2. The van der Waals surface area contributed by atoms with Gasteiger partial charge in [-0.3, -0.25) is 4.79 Å². The summed E-state index contributed by atoms with van der Waals surface area (Å²) in [6, 6.07) is 5.98. The maximum Gasteiger partial charge on any atom is 0.335 e. The van der Waals surface area contributed by atoms with E-state index in [0.717, 1.165) is 37.0 Å². The van der Waals surface area contributed by atoms with E-state index in [1.165, 1.54) is 12.1 Å². The van der Waals surface area contributed by atoms with Crippen molar-refractivity contribution in [1.82, 2.24) is 5.16 Å². The number of aromatic nitrogens is 1. The van der Waals surface area contributed by atoms with E-state index in [4.69, 9.17) is 9.63 Å². The van der Waals surface area contributed by atoms with E-state index >= 15 is 0 Å². The molecule has 0 radical (unpaired) electrons. The summed E-state index contributed by atoms with van der Waals surface area (Å²) in [5, 5.41) is 15.4. The first-order chi connectivity index (χ1) is 10.1. The molecule has 108 valence electrons. The van der Waals surface area contributed by atoms with Gasteiger partial charge in [-0.25, -0.2) is 4.79 Å². The number of carbonyl (C=O) groups is 2. The van der Waals surface area contributed by atoms with Gasteiger partial charge in [-0.1, -0.05) is 5.16 Å². The highest BCUT2D eigenvalue weighted by molar-refractivity contribution is 6.04. The lowest BCUT2D eigenvalue weighted by Gasteiger charge is -2.09. The Bertz CT molecular complexity index is 688. The summed E-state index contributed by atoms with van der Waals surface area (Å²) in [6.07, 6.45) is 3.71. The number of aryl methyl sites for hydroxylation is 1. The Morgan fingerprint density at radius 1 is 1.14 bits per heavy atom. The predicted molar refractivity (Wildman–Crippen MR) is 74.5 cm³/mol. The molecule has 3 rings (SSSR count). The van der Waals surface area contributed by atoms with Crippen LogP contribution in [0.5, 0.6) is 0 Å². The summed E-state index contributed by atoms with van der Waals surface area (Å²) in [5.74, 6) is -0.531. The van der Waals surface area contributed by atoms with Crippen molar-refractivity contribution in [2.24, 2.45) is 0 Å². The fourth-order valence-electron chi connectivity index (χ4n) is 2.45. The van der Waals surface area contributed by atoms with Gasteiger partial charge in [0.1, 0.15) is 5.76 Å². The highest BCUT2D eigenvalue weighted by atomic mass is 16.5. The van der Waals surface area contributed by atoms with Gasteiger partial charge in [-0.2, -0.15) is 0 Å². The van der Waals surface area contributed by atoms with Gasteiger partial charge in [0.15, 0.2) is 5.69 Å². The fraction of sp³-hybridized carbons (Fsp3) is 0.267. The Balaban J connectivity index is 1.77. The number of hydrogen-bond acceptors (Lipinski definition) is 4. The average molecular weight is 286 g/mol. The second-order valence-corrected chi connectivity index (χ2v) is 4.98. The minimum atomic E-state index is -1.00. The van der Waals surface area contributed by atoms with Crippen LogP contribution in [0.25, 0.3) is 0 Å². The Labute approximate surface area is 120 Å². The normalized spacial score (nSPS) is 13.5. The molecule has 1 amide bonds. The summed E-state index contributed by atoms with van der Waals surface area (Å²) in [7, 11) is 0. The molecular formula is C15H14N2O4. The minimum Gasteiger partial charge on any atom is -0.478 e. The second kappa shape index (κ2) is 5.40. The van der Waals surface area contributed by atoms with Gasteiger partial charge in [-0.15, -0.1) is 0 Å². The molecule has 0 atom stereocenters. The van der Waals surface area contributed by atoms with Crippen LogP contribution in [0.15, 0.2) is 28.8 Å². The number of aromatic carboxylic acids is 1. The van der Waals surface area contributed by atoms with E-state index in [-0.39, 0.29) is 11.5 Å². The van der Waals surface area contributed by atoms with Crippen molar-refractivity contribution < 1.29 is 19.2 Å². The van der Waals surface area contributed by atoms with Gasteiger partial charge < -0.3 is 14.9 Å². The molecule has 0 unspecified atom stereocenters. The lowest BCUT2D eigenvalue weighted by molar-refractivity contribution is 0.0696. The van der Waals surface area contributed by atoms with Gasteiger partial charge in [-0.05, 0) is 43.5 Å². The molecule has 1 aliphatic carbocycles. The molecule has 1 aromatic heterocycles. The van der Waals surface area contributed by atoms with Crippen molar-refractivity contribution in [3.05, 3.63) is 46.8 Å². The zero-order valence-corrected chi connectivity index (χ0v) is 11.3. The number of benzene rings is 1. The summed E-state index contributed by atoms with van der Waals surface area (Å²) >= 11 is 0. The Morgan fingerprint density at radius 2 is 1.86 bits per heavy atom. The summed E-state index contributed by atoms with van der Waals surface area (Å²) in [5.41, 5.74) is 1.91. The highest BCUT2D eigenvalue weighted by Crippen LogP contribution is 2.24. The average Bonchev–Trinajstić information content (AvgIpc) is 2.92. The molecule has 21 heavy (non-hydrogen) atoms. The third kappa shape index (κ3) is 2.65. The van der Waals surface area contributed by atoms with Gasteiger partial charge in [0.2, 0.25) is 0 Å². The first-order valence-corrected chi connectivity index (χ1v) is 6.77. The first kappa shape index (κ1) is 13.4. The van der Waals surface area contributed by atoms with Crippen molar-refractivity contribution in [1.29, 1.82) is 0 Å². The smallest absolute Gasteiger partial charge is 0.335 e. The molecule has 1 aromatic carbocycles. The molecule has 6 nitrogen and oxygen atoms in total. The Morgan fingerprint density at radius 3 is 2.57 bits per heavy atom. The molecule has 0 bridgehead atoms. The Hall–Kier alpha value is -2.63. The number of anilines is 1. The zero-order chi connectivity index (χ0) is 14.8. The molecule has 1 aliphatic rings. The fourth-order valence-corrected chi connectivity index (χ4v) is 2.45. The van der Waals surface area contributed by atoms with E-state index in [2.05, 4.69) is 10.5 Å². The molecule has 0 saturated heterocycles. The number of carbonyl (C=O) groups excluding carboxylic acids is 1. The van der Waals surface area contributed by atoms with Crippen molar-refractivity contribution in [3.8, 4) is 0 Å². The second-order valence-electron chi connectivity index (χ2n) is 4.98. The number of hydrogen-bond donors (Lipinski definition) is 2. The van der Waals surface area contributed by atoms with Gasteiger partial charge in [0.25, 0.3) is 5.91 Å². The quantitative estimate of drug-likeness (QED) is 0.904. The molecular weight excluding hydrogens is 272 g/mol. The number of fused-ring (bicyclic) bond motifs is 1. The minimum absolute atomic E-state index is 0.173. The first-order valence-electron chi connectivity index (χ1n) is 6.77. The number of carboxylic acids is 1. The van der Waals surface area contributed by atoms with Crippen molar-refractivity contribution >= 4 is 17.6 Å². The van der Waals surface area contributed by atoms with Crippen LogP contribution in [0.4, 0.5) is 5.69 Å². The number of amides is 1. The number of rotatable bonds is 3. The summed E-state index contributed by atoms with van der Waals surface area (Å²) < 4.78 is 5.21. The lowest BCUT2D eigenvalue weighted by atomic mass is 9.96. The van der Waals surface area contributed by atoms with Crippen LogP contribution < -0.4 is 5.32 Å². The maximum absolute atomic E-state index is 12.2. The predicted octanol–water partition coefficient (Wildman–Crippen LogP) is 2.50. The van der Waals surface area contributed by atoms with Gasteiger partial charge in [0.05, 0.1) is 5.56 Å². The molecule has 0 saturated carbocycles. The number of carboxylic acid groups (broad SMARTS) is 1. The van der Waals surface area contributed by atoms with E-state index in [0.29, 0.717) is 11.4 Å². The number of nitrogens with zero attached hydrogens (tertiary/aromatic N) is 1. The van der Waals surface area contributed by atoms with Crippen molar-refractivity contribution in [2.45, 2.75) is 25.7 Å². The molecule has 0 spiro atoms. The zero-order valence-electron chi connectivity index (χ0n) is 11.3. The molecule has 0 fully saturated rings. The molecule has 2 aromatic rings. The lowest BCUT2D eigenvalue weighted by Crippen LogP contribution is -2.15. The van der Waals surface area contributed by atoms with E-state index in [1.807, 2.05) is 0 Å². The van der Waals surface area contributed by atoms with Crippen LogP contribution >= 0.6 is 0 Å². The monoisotopic (exact) mass is 286 g/mol. The van der Waals surface area contributed by atoms with Crippen LogP contribution in [0.3, 0.4) is 0 Å². The highest BCUT2D eigenvalue weighted by Gasteiger charge is 2.23. The van der Waals surface area contributed by atoms with E-state index < -0.39 is 5.97 Å². The van der Waals surface area contributed by atoms with Gasteiger partial charge in [0, 0.05) is 17.7 Å². The summed E-state index contributed by atoms with van der Waals surface area (Å²) in [4.78, 5) is 23.0. The number of nitrogens with one attached hydrogen (secondary N) is 1. The molecule has 6 heteroatoms. The van der Waals surface area contributed by atoms with Crippen molar-refractivity contribution in [3.63, 3.8) is 0 Å². The topological polar surface area (TPSA) is 92.4 Å². The van der Waals surface area contributed by atoms with Crippen LogP contribution in [0, 0.1) is 0 Å². The van der Waals surface area contributed by atoms with Crippen LogP contribution in [-0.2, 0) is 12.8 Å². The van der Waals surface area contributed by atoms with Crippen molar-refractivity contribution in [2.75, 3.05) is 5.32 Å². The van der Waals surface area contributed by atoms with Crippen LogP contribution in [-0.4, -0.2) is 22.1 Å². The van der Waals surface area contributed by atoms with Crippen LogP contribution in [0.1, 0.15) is 45.0 Å². The summed E-state index contributed by atoms with van der Waals surface area (Å²) in [6.45, 7) is 0. The van der Waals surface area contributed by atoms with Gasteiger partial charge >= 0.3 is 5.97 Å². The third-order valence-electron chi connectivity index (χ3n) is 3.55. The van der Waals surface area contributed by atoms with Crippen LogP contribution in [0.2, 0.25) is 0 Å². The molecule has 2 N–H and O–H groups in total. The SMILES string of the molecule is O=C(O)c1ccc(NC(=O)c2noc3c2CCCC3)cc1. The Kier molecular flexibility index (Phi) is 3.43. The standard InChI is InChI=1S/C15H14N2O4/c18-14(13-11-3-1-2-4-12(11)21-17-13)16-10-7-5-9(6-8-10)15(19)20/h5-8H,1-4H2,(H,16,18)(H,19,20). The molecule has 0 aliphatic heterocycles. The molecule has 1 heterocycles. The third-order valence-corrected chi connectivity index (χ3v) is 3.55. The largest absolute Gasteiger partial charge is 0.478 e. The van der Waals surface area contributed by atoms with E-state index in [1.54, 1.807) is 12.1 Å².